The average Bonchev–Trinajstić information content (AvgIpc) is 2.34. The summed E-state index contributed by atoms with van der Waals surface area (Å²) in [6.45, 7) is 0. The van der Waals surface area contributed by atoms with Crippen LogP contribution in [0.15, 0.2) is 31.6 Å². The quantitative estimate of drug-likeness (QED) is 0.311. The molecule has 2 aromatic carbocycles. The smallest absolute Gasteiger partial charge is 0.190 e. The van der Waals surface area contributed by atoms with E-state index in [-0.39, 0.29) is 0 Å². The Morgan fingerprint density at radius 1 is 0.842 bits per heavy atom. The number of rotatable bonds is 0. The molecule has 0 radical (unpaired) electrons. The summed E-state index contributed by atoms with van der Waals surface area (Å²) in [7, 11) is 0. The summed E-state index contributed by atoms with van der Waals surface area (Å²) in [6.07, 6.45) is 0. The van der Waals surface area contributed by atoms with E-state index in [0.29, 0.717) is 37.5 Å². The van der Waals surface area contributed by atoms with E-state index in [4.69, 9.17) is 32.7 Å². The first-order chi connectivity index (χ1) is 8.97. The Morgan fingerprint density at radius 2 is 1.53 bits per heavy atom. The van der Waals surface area contributed by atoms with Crippen molar-refractivity contribution in [1.82, 2.24) is 0 Å². The molecular formula is C12H3Br3Cl2O2. The monoisotopic (exact) mass is 486 g/mol. The van der Waals surface area contributed by atoms with E-state index in [1.165, 1.54) is 0 Å². The maximum atomic E-state index is 6.23. The van der Waals surface area contributed by atoms with Crippen LogP contribution in [0.1, 0.15) is 0 Å². The first-order valence-corrected chi connectivity index (χ1v) is 8.13. The Bertz CT molecular complexity index is 704. The predicted octanol–water partition coefficient (Wildman–Crippen LogP) is 7.18. The lowest BCUT2D eigenvalue weighted by molar-refractivity contribution is 0.359. The molecule has 2 nitrogen and oxygen atoms in total. The van der Waals surface area contributed by atoms with Gasteiger partial charge < -0.3 is 9.47 Å². The van der Waals surface area contributed by atoms with Gasteiger partial charge in [0.05, 0.1) is 9.50 Å². The van der Waals surface area contributed by atoms with E-state index in [1.807, 2.05) is 0 Å². The SMILES string of the molecule is Clc1cc(Br)cc2c1Oc1c(cc(Br)c(Br)c1Cl)O2. The molecule has 0 unspecified atom stereocenters. The van der Waals surface area contributed by atoms with E-state index in [9.17, 15) is 0 Å². The molecule has 0 aliphatic carbocycles. The second-order valence-electron chi connectivity index (χ2n) is 3.73. The summed E-state index contributed by atoms with van der Waals surface area (Å²) in [5.41, 5.74) is 0. The van der Waals surface area contributed by atoms with Crippen molar-refractivity contribution in [3.8, 4) is 23.0 Å². The summed E-state index contributed by atoms with van der Waals surface area (Å²) >= 11 is 22.5. The summed E-state index contributed by atoms with van der Waals surface area (Å²) in [5.74, 6) is 1.96. The van der Waals surface area contributed by atoms with Crippen molar-refractivity contribution in [3.63, 3.8) is 0 Å². The lowest BCUT2D eigenvalue weighted by Gasteiger charge is -2.23. The van der Waals surface area contributed by atoms with Gasteiger partial charge in [-0.2, -0.15) is 0 Å². The second kappa shape index (κ2) is 5.11. The lowest BCUT2D eigenvalue weighted by Crippen LogP contribution is -2.01. The van der Waals surface area contributed by atoms with Crippen molar-refractivity contribution in [2.45, 2.75) is 0 Å². The van der Waals surface area contributed by atoms with Crippen LogP contribution in [0.4, 0.5) is 0 Å². The Balaban J connectivity index is 2.20. The molecule has 1 aliphatic rings. The molecule has 0 aromatic heterocycles. The molecule has 0 saturated heterocycles. The van der Waals surface area contributed by atoms with Gasteiger partial charge in [-0.3, -0.25) is 0 Å². The molecule has 2 aromatic rings. The molecular weight excluding hydrogens is 487 g/mol. The summed E-state index contributed by atoms with van der Waals surface area (Å²) in [4.78, 5) is 0. The van der Waals surface area contributed by atoms with Crippen LogP contribution < -0.4 is 9.47 Å². The van der Waals surface area contributed by atoms with Gasteiger partial charge in [-0.25, -0.2) is 0 Å². The zero-order valence-corrected chi connectivity index (χ0v) is 15.2. The van der Waals surface area contributed by atoms with E-state index in [0.717, 1.165) is 8.95 Å². The molecule has 0 N–H and O–H groups in total. The summed E-state index contributed by atoms with van der Waals surface area (Å²) < 4.78 is 13.8. The third-order valence-corrected chi connectivity index (χ3v) is 5.79. The largest absolute Gasteiger partial charge is 0.449 e. The molecule has 19 heavy (non-hydrogen) atoms. The van der Waals surface area contributed by atoms with Crippen LogP contribution in [0.2, 0.25) is 10.0 Å². The first-order valence-electron chi connectivity index (χ1n) is 4.99. The van der Waals surface area contributed by atoms with Crippen LogP contribution in [0, 0.1) is 0 Å². The molecule has 0 bridgehead atoms. The molecule has 0 fully saturated rings. The normalized spacial score (nSPS) is 12.3. The van der Waals surface area contributed by atoms with Crippen molar-refractivity contribution in [2.24, 2.45) is 0 Å². The number of halogens is 5. The van der Waals surface area contributed by atoms with Crippen molar-refractivity contribution in [1.29, 1.82) is 0 Å². The minimum absolute atomic E-state index is 0.425. The minimum atomic E-state index is 0.425. The van der Waals surface area contributed by atoms with Gasteiger partial charge in [-0.15, -0.1) is 0 Å². The van der Waals surface area contributed by atoms with Gasteiger partial charge in [-0.05, 0) is 44.0 Å². The highest BCUT2D eigenvalue weighted by atomic mass is 79.9. The van der Waals surface area contributed by atoms with Crippen LogP contribution in [-0.4, -0.2) is 0 Å². The number of ether oxygens (including phenoxy) is 2. The molecule has 98 valence electrons. The van der Waals surface area contributed by atoms with Crippen LogP contribution in [0.5, 0.6) is 23.0 Å². The fourth-order valence-electron chi connectivity index (χ4n) is 1.66. The second-order valence-corrected chi connectivity index (χ2v) is 7.08. The third kappa shape index (κ3) is 2.40. The molecule has 0 amide bonds. The number of hydrogen-bond acceptors (Lipinski definition) is 2. The molecule has 1 heterocycles. The lowest BCUT2D eigenvalue weighted by atomic mass is 10.2. The molecule has 3 rings (SSSR count). The molecule has 0 spiro atoms. The highest BCUT2D eigenvalue weighted by Gasteiger charge is 2.26. The highest BCUT2D eigenvalue weighted by Crippen LogP contribution is 2.54. The standard InChI is InChI=1S/C12H3Br3Cl2O2/c13-4-1-6(16)11-7(2-4)18-8-3-5(14)9(15)10(17)12(8)19-11/h1-3H. The molecule has 1 aliphatic heterocycles. The Hall–Kier alpha value is 0.0600. The summed E-state index contributed by atoms with van der Waals surface area (Å²) in [5, 5.41) is 0.874. The van der Waals surface area contributed by atoms with Gasteiger partial charge in [-0.1, -0.05) is 39.1 Å². The van der Waals surface area contributed by atoms with Crippen molar-refractivity contribution in [2.75, 3.05) is 0 Å². The molecule has 0 atom stereocenters. The predicted molar refractivity (Wildman–Crippen MR) is 86.2 cm³/mol. The van der Waals surface area contributed by atoms with Crippen molar-refractivity contribution in [3.05, 3.63) is 41.7 Å². The third-order valence-electron chi connectivity index (χ3n) is 2.48. The van der Waals surface area contributed by atoms with Crippen molar-refractivity contribution >= 4 is 71.0 Å². The Kier molecular flexibility index (Phi) is 3.77. The first kappa shape index (κ1) is 14.0. The zero-order valence-electron chi connectivity index (χ0n) is 8.94. The van der Waals surface area contributed by atoms with Crippen molar-refractivity contribution < 1.29 is 9.47 Å². The van der Waals surface area contributed by atoms with E-state index in [2.05, 4.69) is 47.8 Å². The number of fused-ring (bicyclic) bond motifs is 2. The van der Waals surface area contributed by atoms with Crippen LogP contribution in [0.25, 0.3) is 0 Å². The van der Waals surface area contributed by atoms with Gasteiger partial charge in [0.2, 0.25) is 0 Å². The fraction of sp³-hybridized carbons (Fsp3) is 0. The molecule has 7 heteroatoms. The van der Waals surface area contributed by atoms with Crippen LogP contribution in [0.3, 0.4) is 0 Å². The van der Waals surface area contributed by atoms with Gasteiger partial charge in [0.1, 0.15) is 5.02 Å². The molecule has 0 saturated carbocycles. The van der Waals surface area contributed by atoms with Gasteiger partial charge in [0, 0.05) is 15.0 Å². The minimum Gasteiger partial charge on any atom is -0.449 e. The zero-order chi connectivity index (χ0) is 13.7. The topological polar surface area (TPSA) is 18.5 Å². The fourth-order valence-corrected chi connectivity index (χ4v) is 3.53. The average molecular weight is 490 g/mol. The van der Waals surface area contributed by atoms with Gasteiger partial charge in [0.15, 0.2) is 23.0 Å². The van der Waals surface area contributed by atoms with Crippen LogP contribution in [-0.2, 0) is 0 Å². The number of benzene rings is 2. The van der Waals surface area contributed by atoms with E-state index >= 15 is 0 Å². The summed E-state index contributed by atoms with van der Waals surface area (Å²) in [6, 6.07) is 5.30. The van der Waals surface area contributed by atoms with E-state index < -0.39 is 0 Å². The Labute approximate surface area is 144 Å². The highest BCUT2D eigenvalue weighted by molar-refractivity contribution is 9.13. The maximum Gasteiger partial charge on any atom is 0.190 e. The van der Waals surface area contributed by atoms with Gasteiger partial charge >= 0.3 is 0 Å². The van der Waals surface area contributed by atoms with E-state index in [1.54, 1.807) is 18.2 Å². The maximum absolute atomic E-state index is 6.23. The Morgan fingerprint density at radius 3 is 2.26 bits per heavy atom. The van der Waals surface area contributed by atoms with Crippen LogP contribution >= 0.6 is 71.0 Å². The number of hydrogen-bond donors (Lipinski definition) is 0. The van der Waals surface area contributed by atoms with Gasteiger partial charge in [0.25, 0.3) is 0 Å².